The third-order valence-electron chi connectivity index (χ3n) is 3.22. The average Bonchev–Trinajstić information content (AvgIpc) is 2.41. The SMILES string of the molecule is C=CCN(CC=C)C(=O)CCCCCCCCC(C)=O. The maximum absolute atomic E-state index is 11.9. The van der Waals surface area contributed by atoms with Gasteiger partial charge < -0.3 is 9.69 Å². The number of carbonyl (C=O) groups excluding carboxylic acids is 2. The number of rotatable bonds is 13. The minimum Gasteiger partial charge on any atom is -0.335 e. The number of ketones is 1. The Balaban J connectivity index is 3.57. The fraction of sp³-hybridized carbons (Fsp3) is 0.647. The van der Waals surface area contributed by atoms with E-state index in [1.807, 2.05) is 0 Å². The predicted octanol–water partition coefficient (Wildman–Crippen LogP) is 3.90. The van der Waals surface area contributed by atoms with Crippen LogP contribution in [-0.2, 0) is 9.59 Å². The van der Waals surface area contributed by atoms with Gasteiger partial charge in [-0.05, 0) is 19.8 Å². The number of amides is 1. The molecule has 20 heavy (non-hydrogen) atoms. The first-order valence-electron chi connectivity index (χ1n) is 7.60. The number of carbonyl (C=O) groups is 2. The molecule has 3 heteroatoms. The van der Waals surface area contributed by atoms with Crippen molar-refractivity contribution in [1.82, 2.24) is 4.90 Å². The maximum atomic E-state index is 11.9. The van der Waals surface area contributed by atoms with Gasteiger partial charge >= 0.3 is 0 Å². The summed E-state index contributed by atoms with van der Waals surface area (Å²) in [7, 11) is 0. The van der Waals surface area contributed by atoms with Gasteiger partial charge in [0.15, 0.2) is 0 Å². The molecular weight excluding hydrogens is 250 g/mol. The molecule has 1 amide bonds. The largest absolute Gasteiger partial charge is 0.335 e. The number of hydrogen-bond donors (Lipinski definition) is 0. The zero-order chi connectivity index (χ0) is 15.2. The lowest BCUT2D eigenvalue weighted by Crippen LogP contribution is -2.30. The molecule has 0 aliphatic rings. The highest BCUT2D eigenvalue weighted by Crippen LogP contribution is 2.10. The Morgan fingerprint density at radius 1 is 0.850 bits per heavy atom. The van der Waals surface area contributed by atoms with Crippen LogP contribution in [0.2, 0.25) is 0 Å². The molecule has 0 unspecified atom stereocenters. The predicted molar refractivity (Wildman–Crippen MR) is 84.6 cm³/mol. The standard InChI is InChI=1S/C17H29NO2/c1-4-14-18(15-5-2)17(20)13-11-9-7-6-8-10-12-16(3)19/h4-5H,1-2,6-15H2,3H3. The Kier molecular flexibility index (Phi) is 11.8. The smallest absolute Gasteiger partial charge is 0.223 e. The Bertz CT molecular complexity index is 300. The molecule has 0 aromatic carbocycles. The van der Waals surface area contributed by atoms with Crippen molar-refractivity contribution in [3.05, 3.63) is 25.3 Å². The van der Waals surface area contributed by atoms with E-state index in [4.69, 9.17) is 0 Å². The second kappa shape index (κ2) is 12.6. The van der Waals surface area contributed by atoms with Crippen molar-refractivity contribution in [2.45, 2.75) is 58.3 Å². The molecule has 0 fully saturated rings. The lowest BCUT2D eigenvalue weighted by molar-refractivity contribution is -0.130. The molecule has 3 nitrogen and oxygen atoms in total. The van der Waals surface area contributed by atoms with Crippen LogP contribution >= 0.6 is 0 Å². The van der Waals surface area contributed by atoms with Gasteiger partial charge in [0.25, 0.3) is 0 Å². The van der Waals surface area contributed by atoms with Crippen LogP contribution in [0.3, 0.4) is 0 Å². The van der Waals surface area contributed by atoms with Crippen LogP contribution in [0, 0.1) is 0 Å². The number of unbranched alkanes of at least 4 members (excludes halogenated alkanes) is 5. The topological polar surface area (TPSA) is 37.4 Å². The molecule has 0 spiro atoms. The minimum atomic E-state index is 0.182. The van der Waals surface area contributed by atoms with Crippen LogP contribution in [-0.4, -0.2) is 29.7 Å². The van der Waals surface area contributed by atoms with E-state index in [-0.39, 0.29) is 11.7 Å². The molecule has 0 radical (unpaired) electrons. The van der Waals surface area contributed by atoms with Crippen LogP contribution in [0.5, 0.6) is 0 Å². The molecule has 0 atom stereocenters. The van der Waals surface area contributed by atoms with E-state index in [0.717, 1.165) is 38.5 Å². The lowest BCUT2D eigenvalue weighted by Gasteiger charge is -2.19. The highest BCUT2D eigenvalue weighted by molar-refractivity contribution is 5.76. The molecule has 0 aromatic rings. The van der Waals surface area contributed by atoms with Crippen LogP contribution in [0.15, 0.2) is 25.3 Å². The third kappa shape index (κ3) is 10.5. The van der Waals surface area contributed by atoms with E-state index < -0.39 is 0 Å². The Labute approximate surface area is 123 Å². The first-order chi connectivity index (χ1) is 9.61. The van der Waals surface area contributed by atoms with Crippen molar-refractivity contribution in [1.29, 1.82) is 0 Å². The van der Waals surface area contributed by atoms with Gasteiger partial charge in [0.05, 0.1) is 0 Å². The van der Waals surface area contributed by atoms with Crippen LogP contribution in [0.1, 0.15) is 58.3 Å². The van der Waals surface area contributed by atoms with Gasteiger partial charge in [-0.1, -0.05) is 37.8 Å². The molecule has 0 saturated carbocycles. The molecule has 0 heterocycles. The highest BCUT2D eigenvalue weighted by Gasteiger charge is 2.09. The van der Waals surface area contributed by atoms with E-state index in [0.29, 0.717) is 25.9 Å². The normalized spacial score (nSPS) is 10.1. The van der Waals surface area contributed by atoms with Crippen molar-refractivity contribution in [2.24, 2.45) is 0 Å². The fourth-order valence-electron chi connectivity index (χ4n) is 2.11. The molecule has 0 aromatic heterocycles. The minimum absolute atomic E-state index is 0.182. The first-order valence-corrected chi connectivity index (χ1v) is 7.60. The number of nitrogens with zero attached hydrogens (tertiary/aromatic N) is 1. The summed E-state index contributed by atoms with van der Waals surface area (Å²) in [5, 5.41) is 0. The van der Waals surface area contributed by atoms with Crippen LogP contribution in [0.25, 0.3) is 0 Å². The van der Waals surface area contributed by atoms with Gasteiger partial charge in [-0.3, -0.25) is 4.79 Å². The molecule has 0 aliphatic heterocycles. The molecule has 0 rings (SSSR count). The zero-order valence-corrected chi connectivity index (χ0v) is 12.9. The molecule has 0 saturated heterocycles. The Hall–Kier alpha value is -1.38. The van der Waals surface area contributed by atoms with E-state index >= 15 is 0 Å². The summed E-state index contributed by atoms with van der Waals surface area (Å²) >= 11 is 0. The summed E-state index contributed by atoms with van der Waals surface area (Å²) in [6, 6.07) is 0. The van der Waals surface area contributed by atoms with Crippen LogP contribution < -0.4 is 0 Å². The quantitative estimate of drug-likeness (QED) is 0.379. The van der Waals surface area contributed by atoms with E-state index in [2.05, 4.69) is 13.2 Å². The number of hydrogen-bond acceptors (Lipinski definition) is 2. The monoisotopic (exact) mass is 279 g/mol. The summed E-state index contributed by atoms with van der Waals surface area (Å²) in [6.45, 7) is 10.2. The lowest BCUT2D eigenvalue weighted by atomic mass is 10.1. The van der Waals surface area contributed by atoms with Crippen LogP contribution in [0.4, 0.5) is 0 Å². The molecule has 0 N–H and O–H groups in total. The Morgan fingerprint density at radius 3 is 1.75 bits per heavy atom. The second-order valence-electron chi connectivity index (χ2n) is 5.20. The van der Waals surface area contributed by atoms with E-state index in [1.165, 1.54) is 0 Å². The summed E-state index contributed by atoms with van der Waals surface area (Å²) in [5.74, 6) is 0.460. The van der Waals surface area contributed by atoms with Gasteiger partial charge in [0.2, 0.25) is 5.91 Å². The summed E-state index contributed by atoms with van der Waals surface area (Å²) in [6.07, 6.45) is 11.3. The summed E-state index contributed by atoms with van der Waals surface area (Å²) in [4.78, 5) is 24.5. The Morgan fingerprint density at radius 2 is 1.30 bits per heavy atom. The van der Waals surface area contributed by atoms with Crippen molar-refractivity contribution in [3.63, 3.8) is 0 Å². The van der Waals surface area contributed by atoms with E-state index in [1.54, 1.807) is 24.0 Å². The summed E-state index contributed by atoms with van der Waals surface area (Å²) in [5.41, 5.74) is 0. The van der Waals surface area contributed by atoms with Crippen molar-refractivity contribution in [2.75, 3.05) is 13.1 Å². The van der Waals surface area contributed by atoms with E-state index in [9.17, 15) is 9.59 Å². The summed E-state index contributed by atoms with van der Waals surface area (Å²) < 4.78 is 0. The van der Waals surface area contributed by atoms with Crippen molar-refractivity contribution < 1.29 is 9.59 Å². The molecule has 114 valence electrons. The third-order valence-corrected chi connectivity index (χ3v) is 3.22. The van der Waals surface area contributed by atoms with Gasteiger partial charge in [-0.2, -0.15) is 0 Å². The molecular formula is C17H29NO2. The second-order valence-corrected chi connectivity index (χ2v) is 5.20. The number of Topliss-reactive ketones (excluding diaryl/α,β-unsaturated/α-hetero) is 1. The fourth-order valence-corrected chi connectivity index (χ4v) is 2.11. The zero-order valence-electron chi connectivity index (χ0n) is 12.9. The van der Waals surface area contributed by atoms with Crippen molar-refractivity contribution >= 4 is 11.7 Å². The first kappa shape index (κ1) is 18.6. The van der Waals surface area contributed by atoms with Gasteiger partial charge in [0.1, 0.15) is 5.78 Å². The van der Waals surface area contributed by atoms with Crippen molar-refractivity contribution in [3.8, 4) is 0 Å². The van der Waals surface area contributed by atoms with Gasteiger partial charge in [-0.15, -0.1) is 13.2 Å². The average molecular weight is 279 g/mol. The van der Waals surface area contributed by atoms with Gasteiger partial charge in [-0.25, -0.2) is 0 Å². The maximum Gasteiger partial charge on any atom is 0.223 e. The molecule has 0 bridgehead atoms. The van der Waals surface area contributed by atoms with Gasteiger partial charge in [0, 0.05) is 25.9 Å². The highest BCUT2D eigenvalue weighted by atomic mass is 16.2. The molecule has 0 aliphatic carbocycles.